The molecule has 0 aliphatic heterocycles. The van der Waals surface area contributed by atoms with Crippen LogP contribution in [0.25, 0.3) is 0 Å². The number of aromatic nitrogens is 2. The maximum Gasteiger partial charge on any atom is 0.229 e. The molecule has 1 aromatic heterocycles. The molecule has 0 saturated carbocycles. The van der Waals surface area contributed by atoms with Gasteiger partial charge < -0.3 is 15.5 Å². The second kappa shape index (κ2) is 7.86. The quantitative estimate of drug-likeness (QED) is 0.628. The maximum atomic E-state index is 11.6. The molecular weight excluding hydrogens is 338 g/mol. The third-order valence-corrected chi connectivity index (χ3v) is 4.04. The number of rotatable bonds is 6. The molecule has 0 amide bonds. The molecule has 6 heteroatoms. The highest BCUT2D eigenvalue weighted by molar-refractivity contribution is 5.95. The van der Waals surface area contributed by atoms with Crippen molar-refractivity contribution in [1.82, 2.24) is 9.97 Å². The minimum absolute atomic E-state index is 0.0287. The molecular formula is C21H23N5O. The van der Waals surface area contributed by atoms with Crippen LogP contribution >= 0.6 is 0 Å². The Balaban J connectivity index is 1.80. The van der Waals surface area contributed by atoms with Crippen LogP contribution in [0.3, 0.4) is 0 Å². The van der Waals surface area contributed by atoms with E-state index in [1.54, 1.807) is 13.0 Å². The van der Waals surface area contributed by atoms with E-state index in [-0.39, 0.29) is 5.78 Å². The Labute approximate surface area is 159 Å². The van der Waals surface area contributed by atoms with Crippen molar-refractivity contribution in [2.24, 2.45) is 0 Å². The van der Waals surface area contributed by atoms with E-state index in [1.165, 1.54) is 0 Å². The van der Waals surface area contributed by atoms with Crippen molar-refractivity contribution in [3.63, 3.8) is 0 Å². The van der Waals surface area contributed by atoms with E-state index in [4.69, 9.17) is 0 Å². The summed E-state index contributed by atoms with van der Waals surface area (Å²) in [5.41, 5.74) is 4.34. The van der Waals surface area contributed by atoms with E-state index in [2.05, 4.69) is 20.6 Å². The molecule has 2 N–H and O–H groups in total. The van der Waals surface area contributed by atoms with Crippen LogP contribution in [0.1, 0.15) is 23.0 Å². The number of hydrogen-bond acceptors (Lipinski definition) is 6. The van der Waals surface area contributed by atoms with Gasteiger partial charge in [-0.2, -0.15) is 4.98 Å². The number of aryl methyl sites for hydroxylation is 1. The highest BCUT2D eigenvalue weighted by atomic mass is 16.1. The summed E-state index contributed by atoms with van der Waals surface area (Å²) in [4.78, 5) is 22.6. The number of carbonyl (C=O) groups excluding carboxylic acids is 1. The lowest BCUT2D eigenvalue weighted by Crippen LogP contribution is -2.08. The average molecular weight is 361 g/mol. The minimum atomic E-state index is 0.0287. The summed E-state index contributed by atoms with van der Waals surface area (Å²) in [5.74, 6) is 1.20. The molecule has 0 aliphatic rings. The number of nitrogens with zero attached hydrogens (tertiary/aromatic N) is 3. The van der Waals surface area contributed by atoms with Crippen LogP contribution in [0.4, 0.5) is 28.8 Å². The normalized spacial score (nSPS) is 10.4. The summed E-state index contributed by atoms with van der Waals surface area (Å²) in [6.45, 7) is 3.47. The molecule has 0 atom stereocenters. The Hall–Kier alpha value is -3.41. The fourth-order valence-electron chi connectivity index (χ4n) is 2.62. The smallest absolute Gasteiger partial charge is 0.229 e. The van der Waals surface area contributed by atoms with Crippen molar-refractivity contribution < 1.29 is 4.79 Å². The second-order valence-electron chi connectivity index (χ2n) is 6.55. The molecule has 2 aromatic carbocycles. The van der Waals surface area contributed by atoms with Crippen LogP contribution in [-0.2, 0) is 0 Å². The first kappa shape index (κ1) is 18.4. The Bertz CT molecular complexity index is 951. The van der Waals surface area contributed by atoms with Crippen molar-refractivity contribution in [1.29, 1.82) is 0 Å². The standard InChI is InChI=1S/C21H23N5O/c1-14-12-20(23-18-7-5-6-16(13-18)15(2)27)25-21(22-14)24-17-8-10-19(11-9-17)26(3)4/h5-13H,1-4H3,(H2,22,23,24,25). The van der Waals surface area contributed by atoms with Crippen LogP contribution in [0.5, 0.6) is 0 Å². The zero-order chi connectivity index (χ0) is 19.4. The Morgan fingerprint density at radius 1 is 0.926 bits per heavy atom. The monoisotopic (exact) mass is 361 g/mol. The SMILES string of the molecule is CC(=O)c1cccc(Nc2cc(C)nc(Nc3ccc(N(C)C)cc3)n2)c1. The average Bonchev–Trinajstić information content (AvgIpc) is 2.62. The number of carbonyl (C=O) groups is 1. The van der Waals surface area contributed by atoms with Crippen molar-refractivity contribution >= 4 is 34.6 Å². The molecule has 0 bridgehead atoms. The van der Waals surface area contributed by atoms with Gasteiger partial charge in [0.25, 0.3) is 0 Å². The van der Waals surface area contributed by atoms with Crippen LogP contribution < -0.4 is 15.5 Å². The number of nitrogens with one attached hydrogen (secondary N) is 2. The molecule has 0 aliphatic carbocycles. The summed E-state index contributed by atoms with van der Waals surface area (Å²) in [5, 5.41) is 6.47. The lowest BCUT2D eigenvalue weighted by Gasteiger charge is -2.13. The van der Waals surface area contributed by atoms with Crippen LogP contribution in [0.2, 0.25) is 0 Å². The number of hydrogen-bond donors (Lipinski definition) is 2. The van der Waals surface area contributed by atoms with Crippen molar-refractivity contribution in [3.05, 3.63) is 65.9 Å². The fraction of sp³-hybridized carbons (Fsp3) is 0.190. The van der Waals surface area contributed by atoms with E-state index in [0.29, 0.717) is 17.3 Å². The number of anilines is 5. The van der Waals surface area contributed by atoms with Crippen molar-refractivity contribution in [3.8, 4) is 0 Å². The van der Waals surface area contributed by atoms with E-state index in [9.17, 15) is 4.79 Å². The van der Waals surface area contributed by atoms with Gasteiger partial charge in [0.15, 0.2) is 5.78 Å². The first-order valence-corrected chi connectivity index (χ1v) is 8.69. The summed E-state index contributed by atoms with van der Waals surface area (Å²) in [6, 6.07) is 17.3. The van der Waals surface area contributed by atoms with Crippen LogP contribution in [0, 0.1) is 6.92 Å². The van der Waals surface area contributed by atoms with Crippen LogP contribution in [0.15, 0.2) is 54.6 Å². The Morgan fingerprint density at radius 2 is 1.67 bits per heavy atom. The molecule has 3 aromatic rings. The molecule has 27 heavy (non-hydrogen) atoms. The minimum Gasteiger partial charge on any atom is -0.378 e. The summed E-state index contributed by atoms with van der Waals surface area (Å²) in [7, 11) is 4.01. The Morgan fingerprint density at radius 3 is 2.33 bits per heavy atom. The van der Waals surface area contributed by atoms with E-state index in [1.807, 2.05) is 74.4 Å². The predicted molar refractivity (Wildman–Crippen MR) is 111 cm³/mol. The van der Waals surface area contributed by atoms with E-state index >= 15 is 0 Å². The third kappa shape index (κ3) is 4.82. The van der Waals surface area contributed by atoms with Gasteiger partial charge in [-0.3, -0.25) is 4.79 Å². The Kier molecular flexibility index (Phi) is 5.35. The fourth-order valence-corrected chi connectivity index (χ4v) is 2.62. The van der Waals surface area contributed by atoms with Gasteiger partial charge in [0.05, 0.1) is 0 Å². The lowest BCUT2D eigenvalue weighted by molar-refractivity contribution is 0.101. The topological polar surface area (TPSA) is 70.2 Å². The first-order valence-electron chi connectivity index (χ1n) is 8.69. The van der Waals surface area contributed by atoms with Gasteiger partial charge in [-0.1, -0.05) is 12.1 Å². The van der Waals surface area contributed by atoms with E-state index in [0.717, 1.165) is 22.8 Å². The molecule has 6 nitrogen and oxygen atoms in total. The van der Waals surface area contributed by atoms with Crippen molar-refractivity contribution in [2.45, 2.75) is 13.8 Å². The predicted octanol–water partition coefficient (Wildman–Crippen LogP) is 4.54. The molecule has 0 radical (unpaired) electrons. The van der Waals surface area contributed by atoms with Gasteiger partial charge in [0.1, 0.15) is 5.82 Å². The zero-order valence-corrected chi connectivity index (χ0v) is 15.9. The van der Waals surface area contributed by atoms with Gasteiger partial charge in [-0.05, 0) is 50.2 Å². The highest BCUT2D eigenvalue weighted by Crippen LogP contribution is 2.21. The molecule has 0 fully saturated rings. The number of benzene rings is 2. The van der Waals surface area contributed by atoms with E-state index < -0.39 is 0 Å². The van der Waals surface area contributed by atoms with Gasteiger partial charge in [-0.15, -0.1) is 0 Å². The largest absolute Gasteiger partial charge is 0.378 e. The first-order chi connectivity index (χ1) is 12.9. The van der Waals surface area contributed by atoms with Gasteiger partial charge in [0.2, 0.25) is 5.95 Å². The van der Waals surface area contributed by atoms with Crippen molar-refractivity contribution in [2.75, 3.05) is 29.6 Å². The summed E-state index contributed by atoms with van der Waals surface area (Å²) < 4.78 is 0. The number of ketones is 1. The number of Topliss-reactive ketones (excluding diaryl/α,β-unsaturated/α-hetero) is 1. The summed E-state index contributed by atoms with van der Waals surface area (Å²) >= 11 is 0. The van der Waals surface area contributed by atoms with Gasteiger partial charge >= 0.3 is 0 Å². The van der Waals surface area contributed by atoms with Gasteiger partial charge in [0, 0.05) is 48.5 Å². The third-order valence-electron chi connectivity index (χ3n) is 4.04. The molecule has 3 rings (SSSR count). The maximum absolute atomic E-state index is 11.6. The zero-order valence-electron chi connectivity index (χ0n) is 15.9. The molecule has 0 spiro atoms. The molecule has 0 saturated heterocycles. The van der Waals surface area contributed by atoms with Crippen LogP contribution in [-0.4, -0.2) is 29.8 Å². The molecule has 0 unspecified atom stereocenters. The lowest BCUT2D eigenvalue weighted by atomic mass is 10.1. The van der Waals surface area contributed by atoms with Gasteiger partial charge in [-0.25, -0.2) is 4.98 Å². The highest BCUT2D eigenvalue weighted by Gasteiger charge is 2.06. The molecule has 1 heterocycles. The molecule has 138 valence electrons. The second-order valence-corrected chi connectivity index (χ2v) is 6.55. The summed E-state index contributed by atoms with van der Waals surface area (Å²) in [6.07, 6.45) is 0.